The molecule has 0 bridgehead atoms. The van der Waals surface area contributed by atoms with Crippen molar-refractivity contribution in [2.45, 2.75) is 78.1 Å². The molecule has 0 aliphatic carbocycles. The molecule has 0 N–H and O–H groups in total. The number of ether oxygens (including phenoxy) is 1. The minimum Gasteiger partial charge on any atom is -0.378 e. The van der Waals surface area contributed by atoms with E-state index in [9.17, 15) is 8.78 Å². The molecule has 3 heteroatoms. The van der Waals surface area contributed by atoms with Crippen LogP contribution in [0.2, 0.25) is 0 Å². The van der Waals surface area contributed by atoms with Crippen LogP contribution >= 0.6 is 0 Å². The van der Waals surface area contributed by atoms with E-state index in [1.54, 1.807) is 6.92 Å². The molecule has 1 nitrogen and oxygen atoms in total. The summed E-state index contributed by atoms with van der Waals surface area (Å²) in [5.41, 5.74) is -0.910. The molecule has 110 valence electrons. The van der Waals surface area contributed by atoms with Gasteiger partial charge in [-0.3, -0.25) is 0 Å². The van der Waals surface area contributed by atoms with Gasteiger partial charge in [0.15, 0.2) is 0 Å². The van der Waals surface area contributed by atoms with Gasteiger partial charge in [-0.1, -0.05) is 59.3 Å². The lowest BCUT2D eigenvalue weighted by Gasteiger charge is -2.37. The molecule has 0 aliphatic rings. The lowest BCUT2D eigenvalue weighted by atomic mass is 9.74. The molecule has 0 fully saturated rings. The molecule has 0 spiro atoms. The van der Waals surface area contributed by atoms with Crippen molar-refractivity contribution >= 4 is 0 Å². The minimum absolute atomic E-state index is 0.457. The first kappa shape index (κ1) is 17.8. The van der Waals surface area contributed by atoms with E-state index in [0.29, 0.717) is 12.8 Å². The van der Waals surface area contributed by atoms with Gasteiger partial charge in [0.2, 0.25) is 0 Å². The number of rotatable bonds is 11. The summed E-state index contributed by atoms with van der Waals surface area (Å²) in [7, 11) is 1.35. The second-order valence-electron chi connectivity index (χ2n) is 5.61. The van der Waals surface area contributed by atoms with Gasteiger partial charge in [0.05, 0.1) is 0 Å². The summed E-state index contributed by atoms with van der Waals surface area (Å²) in [4.78, 5) is 0. The maximum atomic E-state index is 14.2. The topological polar surface area (TPSA) is 9.23 Å². The Hall–Kier alpha value is -0.180. The molecule has 0 saturated heterocycles. The van der Waals surface area contributed by atoms with E-state index in [1.165, 1.54) is 7.11 Å². The van der Waals surface area contributed by atoms with Gasteiger partial charge >= 0.3 is 0 Å². The Kier molecular flexibility index (Phi) is 8.75. The first-order chi connectivity index (χ1) is 8.43. The Morgan fingerprint density at radius 1 is 0.889 bits per heavy atom. The molecule has 0 aromatic rings. The summed E-state index contributed by atoms with van der Waals surface area (Å²) < 4.78 is 33.1. The Morgan fingerprint density at radius 2 is 1.44 bits per heavy atom. The number of unbranched alkanes of at least 4 members (excludes halogenated alkanes) is 4. The van der Waals surface area contributed by atoms with Crippen LogP contribution in [-0.2, 0) is 4.74 Å². The van der Waals surface area contributed by atoms with E-state index in [2.05, 4.69) is 6.92 Å². The fraction of sp³-hybridized carbons (Fsp3) is 1.00. The van der Waals surface area contributed by atoms with Crippen molar-refractivity contribution in [3.8, 4) is 0 Å². The van der Waals surface area contributed by atoms with E-state index in [4.69, 9.17) is 4.74 Å². The van der Waals surface area contributed by atoms with E-state index < -0.39 is 17.9 Å². The average Bonchev–Trinajstić information content (AvgIpc) is 2.32. The maximum absolute atomic E-state index is 14.2. The third-order valence-electron chi connectivity index (χ3n) is 3.87. The highest BCUT2D eigenvalue weighted by molar-refractivity contribution is 4.89. The van der Waals surface area contributed by atoms with Gasteiger partial charge in [0.1, 0.15) is 6.61 Å². The second kappa shape index (κ2) is 8.84. The summed E-state index contributed by atoms with van der Waals surface area (Å²) in [6.07, 6.45) is 7.25. The zero-order valence-electron chi connectivity index (χ0n) is 12.5. The van der Waals surface area contributed by atoms with Crippen LogP contribution < -0.4 is 0 Å². The number of methoxy groups -OCH3 is 1. The summed E-state index contributed by atoms with van der Waals surface area (Å²) in [5, 5.41) is 0. The lowest BCUT2D eigenvalue weighted by Crippen LogP contribution is -2.42. The molecule has 0 saturated carbocycles. The van der Waals surface area contributed by atoms with E-state index >= 15 is 0 Å². The predicted octanol–water partition coefficient (Wildman–Crippen LogP) is 5.44. The zero-order chi connectivity index (χ0) is 14.1. The molecule has 0 rings (SSSR count). The van der Waals surface area contributed by atoms with Crippen LogP contribution in [0.3, 0.4) is 0 Å². The first-order valence-electron chi connectivity index (χ1n) is 7.30. The summed E-state index contributed by atoms with van der Waals surface area (Å²) >= 11 is 0. The number of halogens is 2. The van der Waals surface area contributed by atoms with Crippen LogP contribution in [0.15, 0.2) is 0 Å². The van der Waals surface area contributed by atoms with Gasteiger partial charge < -0.3 is 4.74 Å². The van der Waals surface area contributed by atoms with E-state index in [1.807, 2.05) is 6.92 Å². The Morgan fingerprint density at radius 3 is 1.94 bits per heavy atom. The van der Waals surface area contributed by atoms with Crippen molar-refractivity contribution in [3.63, 3.8) is 0 Å². The lowest BCUT2D eigenvalue weighted by molar-refractivity contribution is -0.159. The van der Waals surface area contributed by atoms with Gasteiger partial charge in [0.25, 0.3) is 5.92 Å². The molecule has 1 unspecified atom stereocenters. The molecular formula is C15H30F2O. The quantitative estimate of drug-likeness (QED) is 0.452. The Bertz CT molecular complexity index is 207. The van der Waals surface area contributed by atoms with Crippen LogP contribution in [0, 0.1) is 5.41 Å². The van der Waals surface area contributed by atoms with E-state index in [0.717, 1.165) is 38.5 Å². The predicted molar refractivity (Wildman–Crippen MR) is 73.2 cm³/mol. The van der Waals surface area contributed by atoms with Gasteiger partial charge in [-0.05, 0) is 12.8 Å². The van der Waals surface area contributed by atoms with Crippen molar-refractivity contribution < 1.29 is 13.5 Å². The Balaban J connectivity index is 4.49. The van der Waals surface area contributed by atoms with E-state index in [-0.39, 0.29) is 0 Å². The standard InChI is InChI=1S/C15H30F2O/c1-5-7-9-10-12-14(3,11-8-6-2)15(16,17)13-18-4/h5-13H2,1-4H3. The molecule has 0 aliphatic heterocycles. The average molecular weight is 264 g/mol. The first-order valence-corrected chi connectivity index (χ1v) is 7.30. The van der Waals surface area contributed by atoms with Crippen molar-refractivity contribution in [2.75, 3.05) is 13.7 Å². The largest absolute Gasteiger partial charge is 0.378 e. The highest BCUT2D eigenvalue weighted by Gasteiger charge is 2.48. The molecule has 0 heterocycles. The molecule has 0 radical (unpaired) electrons. The fourth-order valence-corrected chi connectivity index (χ4v) is 2.36. The van der Waals surface area contributed by atoms with Gasteiger partial charge in [-0.25, -0.2) is 8.78 Å². The van der Waals surface area contributed by atoms with Crippen molar-refractivity contribution in [1.29, 1.82) is 0 Å². The third-order valence-corrected chi connectivity index (χ3v) is 3.87. The molecule has 0 amide bonds. The normalized spacial score (nSPS) is 15.7. The maximum Gasteiger partial charge on any atom is 0.276 e. The van der Waals surface area contributed by atoms with Crippen LogP contribution in [0.5, 0.6) is 0 Å². The van der Waals surface area contributed by atoms with Crippen LogP contribution in [0.4, 0.5) is 8.78 Å². The molecule has 0 aromatic heterocycles. The fourth-order valence-electron chi connectivity index (χ4n) is 2.36. The number of hydrogen-bond acceptors (Lipinski definition) is 1. The molecule has 18 heavy (non-hydrogen) atoms. The van der Waals surface area contributed by atoms with Crippen molar-refractivity contribution in [1.82, 2.24) is 0 Å². The Labute approximate surface area is 111 Å². The van der Waals surface area contributed by atoms with Crippen LogP contribution in [-0.4, -0.2) is 19.6 Å². The van der Waals surface area contributed by atoms with Crippen LogP contribution in [0.25, 0.3) is 0 Å². The molecule has 1 atom stereocenters. The summed E-state index contributed by atoms with van der Waals surface area (Å²) in [6.45, 7) is 5.45. The third kappa shape index (κ3) is 5.64. The smallest absolute Gasteiger partial charge is 0.276 e. The zero-order valence-corrected chi connectivity index (χ0v) is 12.5. The monoisotopic (exact) mass is 264 g/mol. The highest BCUT2D eigenvalue weighted by Crippen LogP contribution is 2.45. The van der Waals surface area contributed by atoms with Crippen molar-refractivity contribution in [2.24, 2.45) is 5.41 Å². The van der Waals surface area contributed by atoms with Crippen molar-refractivity contribution in [3.05, 3.63) is 0 Å². The summed E-state index contributed by atoms with van der Waals surface area (Å²) in [5.74, 6) is -2.72. The molecular weight excluding hydrogens is 234 g/mol. The minimum atomic E-state index is -2.72. The van der Waals surface area contributed by atoms with Gasteiger partial charge in [-0.2, -0.15) is 0 Å². The molecule has 0 aromatic carbocycles. The highest BCUT2D eigenvalue weighted by atomic mass is 19.3. The SMILES string of the molecule is CCCCCCC(C)(CCCC)C(F)(F)COC. The second-order valence-corrected chi connectivity index (χ2v) is 5.61. The van der Waals surface area contributed by atoms with Crippen LogP contribution in [0.1, 0.15) is 72.1 Å². The number of hydrogen-bond donors (Lipinski definition) is 0. The number of alkyl halides is 2. The summed E-state index contributed by atoms with van der Waals surface area (Å²) in [6, 6.07) is 0. The van der Waals surface area contributed by atoms with Gasteiger partial charge in [0, 0.05) is 12.5 Å². The van der Waals surface area contributed by atoms with Gasteiger partial charge in [-0.15, -0.1) is 0 Å².